The summed E-state index contributed by atoms with van der Waals surface area (Å²) in [7, 11) is -4.30. The van der Waals surface area contributed by atoms with Gasteiger partial charge in [-0.15, -0.1) is 0 Å². The standard InChI is InChI=1S/C23H21F9N2O2S/c24-21(25,26)15-2-1-3-18(9-15)37(35,36)33-20-5-4-14-11-34(12-19(14)20)10-13-6-16(22(27,28)29)8-17(7-13)23(30,31)32/h1-3,6-9,14,19-20,33H,4-5,10-12H2/t14-,19+,20+/m0/s1. The van der Waals surface area contributed by atoms with E-state index in [0.29, 0.717) is 37.6 Å². The van der Waals surface area contributed by atoms with Crippen molar-refractivity contribution in [1.82, 2.24) is 9.62 Å². The van der Waals surface area contributed by atoms with E-state index in [4.69, 9.17) is 0 Å². The molecule has 1 saturated carbocycles. The van der Waals surface area contributed by atoms with Gasteiger partial charge in [-0.05, 0) is 66.6 Å². The minimum Gasteiger partial charge on any atom is -0.298 e. The van der Waals surface area contributed by atoms with Gasteiger partial charge in [0, 0.05) is 25.7 Å². The third-order valence-corrected chi connectivity index (χ3v) is 8.25. The molecule has 0 unspecified atom stereocenters. The molecule has 2 aliphatic rings. The minimum absolute atomic E-state index is 0.0564. The van der Waals surface area contributed by atoms with Gasteiger partial charge < -0.3 is 0 Å². The summed E-state index contributed by atoms with van der Waals surface area (Å²) in [5.41, 5.74) is -4.12. The fourth-order valence-corrected chi connectivity index (χ4v) is 6.48. The van der Waals surface area contributed by atoms with Crippen LogP contribution in [0.15, 0.2) is 47.4 Å². The van der Waals surface area contributed by atoms with Crippen LogP contribution in [0, 0.1) is 11.8 Å². The van der Waals surface area contributed by atoms with Crippen molar-refractivity contribution in [3.05, 3.63) is 64.7 Å². The quantitative estimate of drug-likeness (QED) is 0.462. The van der Waals surface area contributed by atoms with Crippen LogP contribution in [-0.2, 0) is 35.1 Å². The van der Waals surface area contributed by atoms with Crippen molar-refractivity contribution in [2.75, 3.05) is 13.1 Å². The maximum absolute atomic E-state index is 13.2. The van der Waals surface area contributed by atoms with Crippen LogP contribution in [0.25, 0.3) is 0 Å². The summed E-state index contributed by atoms with van der Waals surface area (Å²) >= 11 is 0. The number of likely N-dealkylation sites (tertiary alicyclic amines) is 1. The zero-order chi connectivity index (χ0) is 27.4. The molecule has 0 bridgehead atoms. The zero-order valence-electron chi connectivity index (χ0n) is 18.9. The van der Waals surface area contributed by atoms with Gasteiger partial charge in [0.15, 0.2) is 0 Å². The minimum atomic E-state index is -4.97. The number of hydrogen-bond donors (Lipinski definition) is 1. The highest BCUT2D eigenvalue weighted by Crippen LogP contribution is 2.41. The molecule has 0 amide bonds. The van der Waals surface area contributed by atoms with Crippen LogP contribution in [0.5, 0.6) is 0 Å². The maximum atomic E-state index is 13.2. The normalized spacial score (nSPS) is 23.4. The second-order valence-electron chi connectivity index (χ2n) is 9.36. The third kappa shape index (κ3) is 6.23. The molecular formula is C23H21F9N2O2S. The molecular weight excluding hydrogens is 539 g/mol. The monoisotopic (exact) mass is 560 g/mol. The number of fused-ring (bicyclic) bond motifs is 1. The number of sulfonamides is 1. The number of benzene rings is 2. The lowest BCUT2D eigenvalue weighted by Crippen LogP contribution is -2.39. The molecule has 4 nitrogen and oxygen atoms in total. The molecule has 2 fully saturated rings. The topological polar surface area (TPSA) is 49.4 Å². The molecule has 37 heavy (non-hydrogen) atoms. The summed E-state index contributed by atoms with van der Waals surface area (Å²) in [5.74, 6) is -0.365. The maximum Gasteiger partial charge on any atom is 0.416 e. The van der Waals surface area contributed by atoms with Crippen molar-refractivity contribution in [2.24, 2.45) is 11.8 Å². The predicted molar refractivity (Wildman–Crippen MR) is 113 cm³/mol. The molecule has 3 atom stereocenters. The highest BCUT2D eigenvalue weighted by molar-refractivity contribution is 7.89. The molecule has 0 radical (unpaired) electrons. The van der Waals surface area contributed by atoms with Crippen LogP contribution < -0.4 is 4.72 Å². The number of halogens is 9. The Morgan fingerprint density at radius 2 is 1.38 bits per heavy atom. The van der Waals surface area contributed by atoms with Gasteiger partial charge in [0.2, 0.25) is 10.0 Å². The Morgan fingerprint density at radius 3 is 1.95 bits per heavy atom. The Balaban J connectivity index is 1.49. The van der Waals surface area contributed by atoms with Crippen LogP contribution in [0.1, 0.15) is 35.1 Å². The SMILES string of the molecule is O=S(=O)(N[C@@H]1CC[C@H]2CN(Cc3cc(C(F)(F)F)cc(C(F)(F)F)c3)C[C@H]21)c1cccc(C(F)(F)F)c1. The predicted octanol–water partition coefficient (Wildman–Crippen LogP) is 5.93. The molecule has 1 aliphatic heterocycles. The summed E-state index contributed by atoms with van der Waals surface area (Å²) in [5, 5.41) is 0. The second-order valence-corrected chi connectivity index (χ2v) is 11.1. The van der Waals surface area contributed by atoms with Crippen molar-refractivity contribution in [1.29, 1.82) is 0 Å². The third-order valence-electron chi connectivity index (χ3n) is 6.76. The van der Waals surface area contributed by atoms with E-state index in [-0.39, 0.29) is 36.6 Å². The fraction of sp³-hybridized carbons (Fsp3) is 0.478. The molecule has 0 spiro atoms. The van der Waals surface area contributed by atoms with Crippen molar-refractivity contribution in [2.45, 2.75) is 48.9 Å². The zero-order valence-corrected chi connectivity index (χ0v) is 19.7. The largest absolute Gasteiger partial charge is 0.416 e. The first-order valence-corrected chi connectivity index (χ1v) is 12.6. The lowest BCUT2D eigenvalue weighted by Gasteiger charge is -2.22. The average molecular weight is 560 g/mol. The van der Waals surface area contributed by atoms with E-state index in [1.54, 1.807) is 4.90 Å². The van der Waals surface area contributed by atoms with Gasteiger partial charge in [-0.25, -0.2) is 13.1 Å². The van der Waals surface area contributed by atoms with Crippen molar-refractivity contribution < 1.29 is 47.9 Å². The van der Waals surface area contributed by atoms with E-state index in [1.807, 2.05) is 0 Å². The van der Waals surface area contributed by atoms with Gasteiger partial charge >= 0.3 is 18.5 Å². The lowest BCUT2D eigenvalue weighted by atomic mass is 9.98. The summed E-state index contributed by atoms with van der Waals surface area (Å²) < 4.78 is 146. The molecule has 4 rings (SSSR count). The smallest absolute Gasteiger partial charge is 0.298 e. The Bertz CT molecular complexity index is 1220. The number of hydrogen-bond acceptors (Lipinski definition) is 3. The molecule has 1 aliphatic carbocycles. The Morgan fingerprint density at radius 1 is 0.784 bits per heavy atom. The molecule has 1 N–H and O–H groups in total. The lowest BCUT2D eigenvalue weighted by molar-refractivity contribution is -0.143. The van der Waals surface area contributed by atoms with Crippen molar-refractivity contribution in [3.63, 3.8) is 0 Å². The van der Waals surface area contributed by atoms with Crippen molar-refractivity contribution >= 4 is 10.0 Å². The number of rotatable bonds is 5. The van der Waals surface area contributed by atoms with Gasteiger partial charge in [-0.2, -0.15) is 39.5 Å². The van der Waals surface area contributed by atoms with Crippen LogP contribution >= 0.6 is 0 Å². The Labute approximate surface area is 206 Å². The summed E-state index contributed by atoms with van der Waals surface area (Å²) in [6.45, 7) is 0.342. The van der Waals surface area contributed by atoms with Gasteiger partial charge in [0.05, 0.1) is 21.6 Å². The molecule has 204 valence electrons. The van der Waals surface area contributed by atoms with Crippen LogP contribution in [0.4, 0.5) is 39.5 Å². The van der Waals surface area contributed by atoms with E-state index in [0.717, 1.165) is 18.2 Å². The summed E-state index contributed by atoms with van der Waals surface area (Å²) in [6.07, 6.45) is -13.7. The Hall–Kier alpha value is -2.32. The van der Waals surface area contributed by atoms with E-state index < -0.39 is 56.2 Å². The van der Waals surface area contributed by atoms with E-state index in [1.165, 1.54) is 0 Å². The number of nitrogens with one attached hydrogen (secondary N) is 1. The highest BCUT2D eigenvalue weighted by Gasteiger charge is 2.44. The van der Waals surface area contributed by atoms with Gasteiger partial charge in [-0.3, -0.25) is 4.90 Å². The molecule has 2 aromatic carbocycles. The number of nitrogens with zero attached hydrogens (tertiary/aromatic N) is 1. The first kappa shape index (κ1) is 27.7. The van der Waals surface area contributed by atoms with Gasteiger partial charge in [0.1, 0.15) is 0 Å². The second kappa shape index (κ2) is 9.45. The van der Waals surface area contributed by atoms with Crippen LogP contribution in [0.3, 0.4) is 0 Å². The number of alkyl halides is 9. The first-order valence-electron chi connectivity index (χ1n) is 11.1. The van der Waals surface area contributed by atoms with E-state index in [9.17, 15) is 47.9 Å². The van der Waals surface area contributed by atoms with Crippen molar-refractivity contribution in [3.8, 4) is 0 Å². The van der Waals surface area contributed by atoms with Gasteiger partial charge in [-0.1, -0.05) is 6.07 Å². The fourth-order valence-electron chi connectivity index (χ4n) is 5.11. The molecule has 1 saturated heterocycles. The van der Waals surface area contributed by atoms with E-state index in [2.05, 4.69) is 4.72 Å². The molecule has 14 heteroatoms. The molecule has 2 aromatic rings. The van der Waals surface area contributed by atoms with Gasteiger partial charge in [0.25, 0.3) is 0 Å². The molecule has 0 aromatic heterocycles. The Kier molecular flexibility index (Phi) is 7.08. The first-order chi connectivity index (χ1) is 16.9. The van der Waals surface area contributed by atoms with Crippen LogP contribution in [-0.4, -0.2) is 32.4 Å². The summed E-state index contributed by atoms with van der Waals surface area (Å²) in [6, 6.07) is 4.04. The van der Waals surface area contributed by atoms with Crippen LogP contribution in [0.2, 0.25) is 0 Å². The highest BCUT2D eigenvalue weighted by atomic mass is 32.2. The van der Waals surface area contributed by atoms with E-state index >= 15 is 0 Å². The molecule has 1 heterocycles. The average Bonchev–Trinajstić information content (AvgIpc) is 3.32. The summed E-state index contributed by atoms with van der Waals surface area (Å²) in [4.78, 5) is 1.11.